The molecular weight excluding hydrogens is 148 g/mol. The number of hydrogen-bond donors (Lipinski definition) is 0. The molecule has 0 bridgehead atoms. The molecule has 0 aliphatic carbocycles. The first kappa shape index (κ1) is 10.2. The van der Waals surface area contributed by atoms with Gasteiger partial charge in [0.05, 0.1) is 6.10 Å². The number of alkyl halides is 1. The standard InChI is InChI=1S/C8H17ClO/c1-3-4-5-6-10-8(2)7-9/h8H,3-7H2,1-2H3. The molecule has 0 radical (unpaired) electrons. The third-order valence-corrected chi connectivity index (χ3v) is 1.80. The monoisotopic (exact) mass is 164 g/mol. The Kier molecular flexibility index (Phi) is 7.54. The zero-order valence-corrected chi connectivity index (χ0v) is 7.66. The van der Waals surface area contributed by atoms with E-state index in [1.165, 1.54) is 12.8 Å². The number of ether oxygens (including phenoxy) is 1. The van der Waals surface area contributed by atoms with Gasteiger partial charge in [0.15, 0.2) is 0 Å². The zero-order chi connectivity index (χ0) is 7.82. The molecule has 0 N–H and O–H groups in total. The van der Waals surface area contributed by atoms with Gasteiger partial charge in [-0.15, -0.1) is 11.6 Å². The first-order valence-corrected chi connectivity index (χ1v) is 4.52. The van der Waals surface area contributed by atoms with Crippen LogP contribution in [0.1, 0.15) is 33.1 Å². The van der Waals surface area contributed by atoms with Crippen molar-refractivity contribution in [1.29, 1.82) is 0 Å². The Morgan fingerprint density at radius 1 is 1.40 bits per heavy atom. The van der Waals surface area contributed by atoms with Crippen molar-refractivity contribution in [1.82, 2.24) is 0 Å². The Balaban J connectivity index is 2.89. The number of halogens is 1. The summed E-state index contributed by atoms with van der Waals surface area (Å²) in [6, 6.07) is 0. The van der Waals surface area contributed by atoms with Gasteiger partial charge in [-0.3, -0.25) is 0 Å². The molecule has 1 nitrogen and oxygen atoms in total. The van der Waals surface area contributed by atoms with Gasteiger partial charge in [0.1, 0.15) is 0 Å². The smallest absolute Gasteiger partial charge is 0.0682 e. The van der Waals surface area contributed by atoms with E-state index in [-0.39, 0.29) is 6.10 Å². The van der Waals surface area contributed by atoms with Crippen molar-refractivity contribution in [3.05, 3.63) is 0 Å². The molecule has 0 fully saturated rings. The Morgan fingerprint density at radius 3 is 2.60 bits per heavy atom. The molecule has 0 saturated heterocycles. The second-order valence-corrected chi connectivity index (χ2v) is 2.85. The van der Waals surface area contributed by atoms with E-state index in [9.17, 15) is 0 Å². The highest BCUT2D eigenvalue weighted by molar-refractivity contribution is 6.18. The van der Waals surface area contributed by atoms with Crippen molar-refractivity contribution in [2.75, 3.05) is 12.5 Å². The lowest BCUT2D eigenvalue weighted by Crippen LogP contribution is -2.10. The Labute approximate surface area is 68.7 Å². The van der Waals surface area contributed by atoms with Crippen molar-refractivity contribution in [3.63, 3.8) is 0 Å². The van der Waals surface area contributed by atoms with Crippen LogP contribution in [0.3, 0.4) is 0 Å². The second kappa shape index (κ2) is 7.36. The normalized spacial score (nSPS) is 13.5. The van der Waals surface area contributed by atoms with Gasteiger partial charge >= 0.3 is 0 Å². The number of hydrogen-bond acceptors (Lipinski definition) is 1. The second-order valence-electron chi connectivity index (χ2n) is 2.54. The molecule has 0 aliphatic heterocycles. The molecule has 2 heteroatoms. The van der Waals surface area contributed by atoms with Crippen LogP contribution in [-0.4, -0.2) is 18.6 Å². The fourth-order valence-corrected chi connectivity index (χ4v) is 0.770. The molecule has 62 valence electrons. The number of unbranched alkanes of at least 4 members (excludes halogenated alkanes) is 2. The molecule has 0 aromatic rings. The highest BCUT2D eigenvalue weighted by Gasteiger charge is 1.97. The molecule has 0 amide bonds. The van der Waals surface area contributed by atoms with Crippen molar-refractivity contribution in [2.24, 2.45) is 0 Å². The topological polar surface area (TPSA) is 9.23 Å². The van der Waals surface area contributed by atoms with Crippen LogP contribution < -0.4 is 0 Å². The molecule has 0 aromatic carbocycles. The van der Waals surface area contributed by atoms with Gasteiger partial charge < -0.3 is 4.74 Å². The maximum absolute atomic E-state index is 5.54. The zero-order valence-electron chi connectivity index (χ0n) is 6.90. The van der Waals surface area contributed by atoms with Gasteiger partial charge in [-0.2, -0.15) is 0 Å². The fourth-order valence-electron chi connectivity index (χ4n) is 0.681. The van der Waals surface area contributed by atoms with E-state index < -0.39 is 0 Å². The summed E-state index contributed by atoms with van der Waals surface area (Å²) in [5.41, 5.74) is 0. The lowest BCUT2D eigenvalue weighted by molar-refractivity contribution is 0.0781. The van der Waals surface area contributed by atoms with E-state index in [1.807, 2.05) is 6.92 Å². The summed E-state index contributed by atoms with van der Waals surface area (Å²) in [5.74, 6) is 0.603. The van der Waals surface area contributed by atoms with Crippen molar-refractivity contribution in [3.8, 4) is 0 Å². The summed E-state index contributed by atoms with van der Waals surface area (Å²) in [6.45, 7) is 5.05. The van der Waals surface area contributed by atoms with Gasteiger partial charge in [-0.25, -0.2) is 0 Å². The average Bonchev–Trinajstić information content (AvgIpc) is 1.98. The van der Waals surface area contributed by atoms with Gasteiger partial charge in [-0.1, -0.05) is 19.8 Å². The van der Waals surface area contributed by atoms with Crippen LogP contribution in [0.2, 0.25) is 0 Å². The maximum atomic E-state index is 5.54. The minimum absolute atomic E-state index is 0.221. The lowest BCUT2D eigenvalue weighted by atomic mass is 10.3. The maximum Gasteiger partial charge on any atom is 0.0682 e. The van der Waals surface area contributed by atoms with Crippen molar-refractivity contribution < 1.29 is 4.74 Å². The first-order valence-electron chi connectivity index (χ1n) is 3.98. The van der Waals surface area contributed by atoms with Crippen molar-refractivity contribution in [2.45, 2.75) is 39.2 Å². The minimum atomic E-state index is 0.221. The molecule has 0 saturated carbocycles. The Bertz CT molecular complexity index is 66.3. The SMILES string of the molecule is CCCCCOC(C)CCl. The summed E-state index contributed by atoms with van der Waals surface area (Å²) >= 11 is 5.54. The van der Waals surface area contributed by atoms with Crippen LogP contribution >= 0.6 is 11.6 Å². The van der Waals surface area contributed by atoms with E-state index in [4.69, 9.17) is 16.3 Å². The molecule has 0 rings (SSSR count). The molecule has 0 heterocycles. The number of rotatable bonds is 6. The molecule has 10 heavy (non-hydrogen) atoms. The highest BCUT2D eigenvalue weighted by Crippen LogP contribution is 1.98. The van der Waals surface area contributed by atoms with E-state index >= 15 is 0 Å². The quantitative estimate of drug-likeness (QED) is 0.434. The van der Waals surface area contributed by atoms with Crippen molar-refractivity contribution >= 4 is 11.6 Å². The Hall–Kier alpha value is 0.250. The van der Waals surface area contributed by atoms with E-state index in [0.29, 0.717) is 5.88 Å². The highest BCUT2D eigenvalue weighted by atomic mass is 35.5. The molecule has 0 spiro atoms. The van der Waals surface area contributed by atoms with Crippen LogP contribution in [0.4, 0.5) is 0 Å². The molecule has 1 atom stereocenters. The van der Waals surface area contributed by atoms with Gasteiger partial charge in [-0.05, 0) is 13.3 Å². The third kappa shape index (κ3) is 6.37. The molecule has 0 aromatic heterocycles. The van der Waals surface area contributed by atoms with Crippen LogP contribution in [0.25, 0.3) is 0 Å². The van der Waals surface area contributed by atoms with Gasteiger partial charge in [0, 0.05) is 12.5 Å². The minimum Gasteiger partial charge on any atom is -0.377 e. The van der Waals surface area contributed by atoms with Crippen LogP contribution in [-0.2, 0) is 4.74 Å². The van der Waals surface area contributed by atoms with Gasteiger partial charge in [0.2, 0.25) is 0 Å². The van der Waals surface area contributed by atoms with E-state index in [2.05, 4.69) is 6.92 Å². The third-order valence-electron chi connectivity index (χ3n) is 1.37. The summed E-state index contributed by atoms with van der Waals surface area (Å²) in [4.78, 5) is 0. The summed E-state index contributed by atoms with van der Waals surface area (Å²) in [6.07, 6.45) is 3.89. The molecule has 0 aliphatic rings. The van der Waals surface area contributed by atoms with Crippen LogP contribution in [0.15, 0.2) is 0 Å². The van der Waals surface area contributed by atoms with Crippen LogP contribution in [0, 0.1) is 0 Å². The average molecular weight is 165 g/mol. The van der Waals surface area contributed by atoms with Gasteiger partial charge in [0.25, 0.3) is 0 Å². The summed E-state index contributed by atoms with van der Waals surface area (Å²) < 4.78 is 5.36. The van der Waals surface area contributed by atoms with E-state index in [0.717, 1.165) is 13.0 Å². The summed E-state index contributed by atoms with van der Waals surface area (Å²) in [5, 5.41) is 0. The fraction of sp³-hybridized carbons (Fsp3) is 1.00. The Morgan fingerprint density at radius 2 is 2.10 bits per heavy atom. The predicted octanol–water partition coefficient (Wildman–Crippen LogP) is 2.82. The molecule has 1 unspecified atom stereocenters. The van der Waals surface area contributed by atoms with Crippen LogP contribution in [0.5, 0.6) is 0 Å². The largest absolute Gasteiger partial charge is 0.377 e. The lowest BCUT2D eigenvalue weighted by Gasteiger charge is -2.08. The predicted molar refractivity (Wildman–Crippen MR) is 45.7 cm³/mol. The first-order chi connectivity index (χ1) is 4.81. The summed E-state index contributed by atoms with van der Waals surface area (Å²) in [7, 11) is 0. The van der Waals surface area contributed by atoms with E-state index in [1.54, 1.807) is 0 Å². The molecular formula is C8H17ClO.